The number of esters is 1. The molecule has 4 aliphatic carbocycles. The summed E-state index contributed by atoms with van der Waals surface area (Å²) >= 11 is 0. The first-order valence-corrected chi connectivity index (χ1v) is 17.5. The van der Waals surface area contributed by atoms with Gasteiger partial charge in [0.15, 0.2) is 0 Å². The van der Waals surface area contributed by atoms with Crippen LogP contribution >= 0.6 is 0 Å². The molecule has 0 aliphatic heterocycles. The van der Waals surface area contributed by atoms with Gasteiger partial charge >= 0.3 is 5.97 Å². The van der Waals surface area contributed by atoms with Gasteiger partial charge in [0, 0.05) is 18.2 Å². The molecule has 0 saturated heterocycles. The van der Waals surface area contributed by atoms with Gasteiger partial charge in [0.05, 0.1) is 12.5 Å². The molecule has 0 aromatic carbocycles. The molecule has 4 rings (SSSR count). The van der Waals surface area contributed by atoms with Gasteiger partial charge in [-0.1, -0.05) is 78.7 Å². The maximum absolute atomic E-state index is 12.7. The number of fused-ring (bicyclic) bond motifs is 5. The van der Waals surface area contributed by atoms with Crippen molar-refractivity contribution in [2.75, 3.05) is 7.05 Å². The van der Waals surface area contributed by atoms with Crippen LogP contribution in [-0.2, 0) is 9.53 Å². The smallest absolute Gasteiger partial charge is 0.306 e. The van der Waals surface area contributed by atoms with Crippen LogP contribution < -0.4 is 5.32 Å². The first-order valence-electron chi connectivity index (χ1n) is 17.5. The fraction of sp³-hybridized carbons (Fsp3) is 0.821. The first-order chi connectivity index (χ1) is 19.5. The fourth-order valence-electron chi connectivity index (χ4n) is 11.0. The minimum atomic E-state index is -0.223. The summed E-state index contributed by atoms with van der Waals surface area (Å²) in [5, 5.41) is 3.68. The second-order valence-electron chi connectivity index (χ2n) is 16.8. The van der Waals surface area contributed by atoms with Crippen LogP contribution in [0.5, 0.6) is 0 Å². The summed E-state index contributed by atoms with van der Waals surface area (Å²) < 4.78 is 5.96. The second-order valence-corrected chi connectivity index (χ2v) is 16.8. The fourth-order valence-corrected chi connectivity index (χ4v) is 11.0. The highest BCUT2D eigenvalue weighted by Gasteiger charge is 2.67. The van der Waals surface area contributed by atoms with Gasteiger partial charge in [-0.15, -0.1) is 6.58 Å². The third-order valence-electron chi connectivity index (χ3n) is 14.1. The summed E-state index contributed by atoms with van der Waals surface area (Å²) in [7, 11) is 2.15. The molecule has 0 heterocycles. The van der Waals surface area contributed by atoms with E-state index in [0.717, 1.165) is 12.8 Å². The normalized spacial score (nSPS) is 39.3. The Hall–Kier alpha value is -1.51. The number of hydrogen-bond donors (Lipinski definition) is 1. The van der Waals surface area contributed by atoms with E-state index >= 15 is 0 Å². The second kappa shape index (κ2) is 11.8. The van der Waals surface area contributed by atoms with Crippen LogP contribution in [0.15, 0.2) is 35.6 Å². The zero-order chi connectivity index (χ0) is 31.3. The van der Waals surface area contributed by atoms with E-state index in [-0.39, 0.29) is 28.3 Å². The zero-order valence-electron chi connectivity index (χ0n) is 29.3. The summed E-state index contributed by atoms with van der Waals surface area (Å²) in [6.45, 7) is 27.8. The molecule has 0 aromatic heterocycles. The van der Waals surface area contributed by atoms with Crippen LogP contribution in [0.3, 0.4) is 0 Å². The topological polar surface area (TPSA) is 38.3 Å². The van der Waals surface area contributed by atoms with E-state index in [1.54, 1.807) is 5.57 Å². The number of rotatable bonds is 10. The van der Waals surface area contributed by atoms with E-state index in [1.165, 1.54) is 57.1 Å². The maximum Gasteiger partial charge on any atom is 0.306 e. The SMILES string of the molecule is C=CC(C)(C)CC(=O)OC(C)CCC1(C)C(C)CCC2(C)C1CCC1C3=C(C(C)C)CCC3(/C(=C/C)NC)CCC12C. The molecule has 42 heavy (non-hydrogen) atoms. The average Bonchev–Trinajstić information content (AvgIpc) is 3.32. The van der Waals surface area contributed by atoms with Crippen LogP contribution in [-0.4, -0.2) is 19.1 Å². The van der Waals surface area contributed by atoms with E-state index in [2.05, 4.69) is 80.4 Å². The van der Waals surface area contributed by atoms with Gasteiger partial charge in [0.2, 0.25) is 0 Å². The largest absolute Gasteiger partial charge is 0.463 e. The van der Waals surface area contributed by atoms with Crippen LogP contribution in [0.2, 0.25) is 0 Å². The van der Waals surface area contributed by atoms with Crippen LogP contribution in [0.4, 0.5) is 0 Å². The molecule has 3 fully saturated rings. The molecule has 8 unspecified atom stereocenters. The van der Waals surface area contributed by atoms with Crippen molar-refractivity contribution in [2.24, 2.45) is 50.7 Å². The molecule has 0 amide bonds. The zero-order valence-corrected chi connectivity index (χ0v) is 29.3. The van der Waals surface area contributed by atoms with Crippen molar-refractivity contribution >= 4 is 5.97 Å². The molecule has 1 N–H and O–H groups in total. The van der Waals surface area contributed by atoms with Crippen LogP contribution in [0, 0.1) is 50.7 Å². The van der Waals surface area contributed by atoms with Crippen molar-refractivity contribution in [3.63, 3.8) is 0 Å². The highest BCUT2D eigenvalue weighted by molar-refractivity contribution is 5.70. The number of allylic oxidation sites excluding steroid dienone is 4. The highest BCUT2D eigenvalue weighted by atomic mass is 16.5. The van der Waals surface area contributed by atoms with Crippen molar-refractivity contribution in [1.82, 2.24) is 5.32 Å². The Labute approximate surface area is 259 Å². The summed E-state index contributed by atoms with van der Waals surface area (Å²) in [5.41, 5.74) is 6.03. The average molecular weight is 580 g/mol. The van der Waals surface area contributed by atoms with Gasteiger partial charge in [-0.05, 0) is 123 Å². The minimum absolute atomic E-state index is 0.0458. The van der Waals surface area contributed by atoms with Gasteiger partial charge < -0.3 is 10.1 Å². The van der Waals surface area contributed by atoms with Crippen LogP contribution in [0.1, 0.15) is 140 Å². The predicted octanol–water partition coefficient (Wildman–Crippen LogP) is 10.4. The lowest BCUT2D eigenvalue weighted by atomic mass is 9.35. The molecule has 0 radical (unpaired) electrons. The summed E-state index contributed by atoms with van der Waals surface area (Å²) in [6, 6.07) is 0. The minimum Gasteiger partial charge on any atom is -0.463 e. The Morgan fingerprint density at radius 3 is 2.36 bits per heavy atom. The molecule has 3 saturated carbocycles. The molecule has 0 spiro atoms. The summed E-state index contributed by atoms with van der Waals surface area (Å²) in [4.78, 5) is 12.7. The highest BCUT2D eigenvalue weighted by Crippen LogP contribution is 2.75. The van der Waals surface area contributed by atoms with E-state index in [4.69, 9.17) is 4.74 Å². The van der Waals surface area contributed by atoms with Gasteiger partial charge in [0.1, 0.15) is 0 Å². The van der Waals surface area contributed by atoms with E-state index in [9.17, 15) is 4.79 Å². The lowest BCUT2D eigenvalue weighted by molar-refractivity contribution is -0.185. The number of ether oxygens (including phenoxy) is 1. The van der Waals surface area contributed by atoms with Gasteiger partial charge in [-0.3, -0.25) is 4.79 Å². The third kappa shape index (κ3) is 5.25. The summed E-state index contributed by atoms with van der Waals surface area (Å²) in [6.07, 6.45) is 17.2. The van der Waals surface area contributed by atoms with Gasteiger partial charge in [-0.25, -0.2) is 0 Å². The molecule has 238 valence electrons. The Kier molecular flexibility index (Phi) is 9.36. The van der Waals surface area contributed by atoms with E-state index in [1.807, 2.05) is 25.5 Å². The Bertz CT molecular complexity index is 1100. The van der Waals surface area contributed by atoms with Crippen molar-refractivity contribution in [1.29, 1.82) is 0 Å². The quantitative estimate of drug-likeness (QED) is 0.207. The van der Waals surface area contributed by atoms with E-state index < -0.39 is 0 Å². The first kappa shape index (κ1) is 33.4. The lowest BCUT2D eigenvalue weighted by Gasteiger charge is -2.69. The summed E-state index contributed by atoms with van der Waals surface area (Å²) in [5.74, 6) is 2.62. The Balaban J connectivity index is 1.62. The molecule has 3 heteroatoms. The number of carbonyl (C=O) groups is 1. The lowest BCUT2D eigenvalue weighted by Crippen LogP contribution is -2.62. The Morgan fingerprint density at radius 1 is 1.07 bits per heavy atom. The standard InChI is InChI=1S/C39H65NO2/c1-13-32(40-12)39-22-19-29(26(3)4)34(39)30-15-16-31-36(9,20-18-28(6)42-33(41)25-35(7,8)14-2)27(5)17-21-38(31,11)37(30,10)23-24-39/h13-14,26-28,30-31,40H,2,15-25H2,1,3-12H3/b32-13-. The van der Waals surface area contributed by atoms with Gasteiger partial charge in [0.25, 0.3) is 0 Å². The number of nitrogens with one attached hydrogen (secondary N) is 1. The van der Waals surface area contributed by atoms with Crippen molar-refractivity contribution < 1.29 is 9.53 Å². The monoisotopic (exact) mass is 580 g/mol. The van der Waals surface area contributed by atoms with Crippen LogP contribution in [0.25, 0.3) is 0 Å². The number of hydrogen-bond acceptors (Lipinski definition) is 3. The maximum atomic E-state index is 12.7. The molecule has 8 atom stereocenters. The van der Waals surface area contributed by atoms with Crippen molar-refractivity contribution in [3.05, 3.63) is 35.6 Å². The van der Waals surface area contributed by atoms with Crippen molar-refractivity contribution in [2.45, 2.75) is 146 Å². The molecule has 0 aromatic rings. The predicted molar refractivity (Wildman–Crippen MR) is 178 cm³/mol. The number of carbonyl (C=O) groups excluding carboxylic acids is 1. The van der Waals surface area contributed by atoms with Crippen molar-refractivity contribution in [3.8, 4) is 0 Å². The Morgan fingerprint density at radius 2 is 1.76 bits per heavy atom. The molecular formula is C39H65NO2. The third-order valence-corrected chi connectivity index (χ3v) is 14.1. The molecular weight excluding hydrogens is 514 g/mol. The van der Waals surface area contributed by atoms with E-state index in [0.29, 0.717) is 40.9 Å². The van der Waals surface area contributed by atoms with Gasteiger partial charge in [-0.2, -0.15) is 0 Å². The molecule has 3 nitrogen and oxygen atoms in total. The molecule has 4 aliphatic rings. The molecule has 0 bridgehead atoms.